The molecule has 4 nitrogen and oxygen atoms in total. The van der Waals surface area contributed by atoms with E-state index in [4.69, 9.17) is 0 Å². The Morgan fingerprint density at radius 2 is 1.78 bits per heavy atom. The second-order valence-corrected chi connectivity index (χ2v) is 10.8. The van der Waals surface area contributed by atoms with E-state index in [0.717, 1.165) is 63.5 Å². The van der Waals surface area contributed by atoms with E-state index in [1.165, 1.54) is 37.8 Å². The monoisotopic (exact) mass is 509 g/mol. The van der Waals surface area contributed by atoms with Crippen LogP contribution in [-0.2, 0) is 11.0 Å². The van der Waals surface area contributed by atoms with Crippen LogP contribution in [0.4, 0.5) is 23.2 Å². The van der Waals surface area contributed by atoms with Crippen molar-refractivity contribution in [2.75, 3.05) is 44.2 Å². The molecule has 2 fully saturated rings. The van der Waals surface area contributed by atoms with E-state index in [9.17, 15) is 22.4 Å². The number of alkyl halides is 3. The Morgan fingerprint density at radius 3 is 2.42 bits per heavy atom. The Balaban J connectivity index is 1.14. The zero-order valence-electron chi connectivity index (χ0n) is 21.3. The van der Waals surface area contributed by atoms with Crippen molar-refractivity contribution in [2.24, 2.45) is 11.8 Å². The molecule has 1 aromatic rings. The standard InChI is InChI=1S/C28H39F4N3O/c1-20(27(36)23-5-2-3-6-23)33-19-22-11-9-21(10-12-22)13-14-34-15-17-35(18-16-34)25-8-4-7-24(26(25)29)28(30,31)32/h4-5,7-8,20-22,33H,2-3,6,9-19H2,1H3. The first-order valence-corrected chi connectivity index (χ1v) is 13.5. The summed E-state index contributed by atoms with van der Waals surface area (Å²) in [7, 11) is 0. The van der Waals surface area contributed by atoms with Gasteiger partial charge in [-0.15, -0.1) is 0 Å². The fourth-order valence-corrected chi connectivity index (χ4v) is 5.89. The lowest BCUT2D eigenvalue weighted by molar-refractivity contribution is -0.139. The molecule has 0 spiro atoms. The maximum atomic E-state index is 14.5. The van der Waals surface area contributed by atoms with Crippen molar-refractivity contribution in [3.63, 3.8) is 0 Å². The van der Waals surface area contributed by atoms with Gasteiger partial charge in [-0.25, -0.2) is 4.39 Å². The molecule has 1 saturated heterocycles. The molecule has 0 amide bonds. The number of hydrogen-bond donors (Lipinski definition) is 1. The Bertz CT molecular complexity index is 916. The first-order chi connectivity index (χ1) is 17.2. The van der Waals surface area contributed by atoms with Gasteiger partial charge in [-0.3, -0.25) is 9.69 Å². The molecule has 4 rings (SSSR count). The van der Waals surface area contributed by atoms with Crippen LogP contribution in [0.25, 0.3) is 0 Å². The predicted octanol–water partition coefficient (Wildman–Crippen LogP) is 5.82. The molecule has 0 bridgehead atoms. The molecule has 36 heavy (non-hydrogen) atoms. The minimum atomic E-state index is -4.68. The third-order valence-corrected chi connectivity index (χ3v) is 8.28. The number of rotatable bonds is 9. The summed E-state index contributed by atoms with van der Waals surface area (Å²) in [6.45, 7) is 6.39. The Hall–Kier alpha value is -1.93. The number of nitrogens with one attached hydrogen (secondary N) is 1. The molecule has 1 aromatic carbocycles. The van der Waals surface area contributed by atoms with Crippen molar-refractivity contribution in [2.45, 2.75) is 70.5 Å². The first-order valence-electron chi connectivity index (χ1n) is 13.5. The molecule has 1 atom stereocenters. The molecular weight excluding hydrogens is 470 g/mol. The number of anilines is 1. The highest BCUT2D eigenvalue weighted by Gasteiger charge is 2.36. The van der Waals surface area contributed by atoms with Gasteiger partial charge in [0, 0.05) is 26.2 Å². The van der Waals surface area contributed by atoms with Crippen LogP contribution in [0.1, 0.15) is 63.9 Å². The SMILES string of the molecule is CC(NCC1CCC(CCN2CCN(c3cccc(C(F)(F)F)c3F)CC2)CC1)C(=O)C1=CCCC1. The van der Waals surface area contributed by atoms with E-state index in [-0.39, 0.29) is 17.5 Å². The fraction of sp³-hybridized carbons (Fsp3) is 0.679. The number of carbonyl (C=O) groups excluding carboxylic acids is 1. The van der Waals surface area contributed by atoms with Crippen LogP contribution in [0, 0.1) is 17.7 Å². The largest absolute Gasteiger partial charge is 0.419 e. The highest BCUT2D eigenvalue weighted by atomic mass is 19.4. The number of Topliss-reactive ketones (excluding diaryl/α,β-unsaturated/α-hetero) is 1. The lowest BCUT2D eigenvalue weighted by Gasteiger charge is -2.37. The smallest absolute Gasteiger partial charge is 0.367 e. The summed E-state index contributed by atoms with van der Waals surface area (Å²) in [5, 5.41) is 3.47. The maximum absolute atomic E-state index is 14.5. The Kier molecular flexibility index (Phi) is 9.10. The second-order valence-electron chi connectivity index (χ2n) is 10.8. The van der Waals surface area contributed by atoms with Crippen molar-refractivity contribution in [3.05, 3.63) is 41.2 Å². The molecule has 1 unspecified atom stereocenters. The van der Waals surface area contributed by atoms with E-state index in [2.05, 4.69) is 16.3 Å². The number of nitrogens with zero attached hydrogens (tertiary/aromatic N) is 2. The van der Waals surface area contributed by atoms with E-state index < -0.39 is 17.6 Å². The van der Waals surface area contributed by atoms with Crippen LogP contribution >= 0.6 is 0 Å². The second kappa shape index (κ2) is 12.1. The number of hydrogen-bond acceptors (Lipinski definition) is 4. The summed E-state index contributed by atoms with van der Waals surface area (Å²) in [6, 6.07) is 3.42. The number of carbonyl (C=O) groups is 1. The van der Waals surface area contributed by atoms with Gasteiger partial charge in [-0.2, -0.15) is 13.2 Å². The van der Waals surface area contributed by atoms with Crippen LogP contribution in [0.5, 0.6) is 0 Å². The van der Waals surface area contributed by atoms with Crippen molar-refractivity contribution in [3.8, 4) is 0 Å². The number of piperazine rings is 1. The minimum Gasteiger partial charge on any atom is -0.367 e. The zero-order valence-corrected chi connectivity index (χ0v) is 21.3. The van der Waals surface area contributed by atoms with E-state index in [0.29, 0.717) is 24.9 Å². The number of benzene rings is 1. The number of ketones is 1. The molecule has 1 saturated carbocycles. The summed E-state index contributed by atoms with van der Waals surface area (Å²) in [4.78, 5) is 16.6. The normalized spacial score (nSPS) is 24.6. The summed E-state index contributed by atoms with van der Waals surface area (Å²) in [5.74, 6) is 0.416. The average molecular weight is 510 g/mol. The van der Waals surface area contributed by atoms with Gasteiger partial charge in [0.1, 0.15) is 0 Å². The quantitative estimate of drug-likeness (QED) is 0.426. The van der Waals surface area contributed by atoms with Crippen molar-refractivity contribution in [1.82, 2.24) is 10.2 Å². The van der Waals surface area contributed by atoms with Crippen LogP contribution in [-0.4, -0.2) is 56.0 Å². The van der Waals surface area contributed by atoms with Gasteiger partial charge in [0.25, 0.3) is 0 Å². The molecule has 1 N–H and O–H groups in total. The average Bonchev–Trinajstić information content (AvgIpc) is 3.41. The number of allylic oxidation sites excluding steroid dienone is 1. The van der Waals surface area contributed by atoms with Gasteiger partial charge in [0.05, 0.1) is 17.3 Å². The highest BCUT2D eigenvalue weighted by molar-refractivity contribution is 5.99. The van der Waals surface area contributed by atoms with Crippen molar-refractivity contribution in [1.29, 1.82) is 0 Å². The summed E-state index contributed by atoms with van der Waals surface area (Å²) in [5.41, 5.74) is -0.146. The molecule has 0 radical (unpaired) electrons. The molecule has 3 aliphatic rings. The topological polar surface area (TPSA) is 35.6 Å². The van der Waals surface area contributed by atoms with Crippen LogP contribution in [0.2, 0.25) is 0 Å². The predicted molar refractivity (Wildman–Crippen MR) is 135 cm³/mol. The lowest BCUT2D eigenvalue weighted by Crippen LogP contribution is -2.47. The molecule has 8 heteroatoms. The third-order valence-electron chi connectivity index (χ3n) is 8.28. The van der Waals surface area contributed by atoms with Gasteiger partial charge in [-0.1, -0.05) is 25.0 Å². The van der Waals surface area contributed by atoms with Gasteiger partial charge < -0.3 is 10.2 Å². The molecule has 1 aliphatic heterocycles. The van der Waals surface area contributed by atoms with Crippen molar-refractivity contribution < 1.29 is 22.4 Å². The Labute approximate surface area is 212 Å². The highest BCUT2D eigenvalue weighted by Crippen LogP contribution is 2.35. The Morgan fingerprint density at radius 1 is 1.08 bits per heavy atom. The third kappa shape index (κ3) is 6.88. The molecule has 2 aliphatic carbocycles. The van der Waals surface area contributed by atoms with Gasteiger partial charge >= 0.3 is 6.18 Å². The molecule has 200 valence electrons. The molecular formula is C28H39F4N3O. The fourth-order valence-electron chi connectivity index (χ4n) is 5.89. The van der Waals surface area contributed by atoms with E-state index in [1.54, 1.807) is 4.90 Å². The number of halogens is 4. The van der Waals surface area contributed by atoms with Gasteiger partial charge in [0.2, 0.25) is 0 Å². The zero-order chi connectivity index (χ0) is 25.7. The summed E-state index contributed by atoms with van der Waals surface area (Å²) >= 11 is 0. The summed E-state index contributed by atoms with van der Waals surface area (Å²) < 4.78 is 53.6. The van der Waals surface area contributed by atoms with Gasteiger partial charge in [-0.05, 0) is 88.1 Å². The first kappa shape index (κ1) is 27.1. The maximum Gasteiger partial charge on any atom is 0.419 e. The van der Waals surface area contributed by atoms with E-state index in [1.807, 2.05) is 6.92 Å². The summed E-state index contributed by atoms with van der Waals surface area (Å²) in [6.07, 6.45) is 6.37. The van der Waals surface area contributed by atoms with Crippen LogP contribution in [0.3, 0.4) is 0 Å². The van der Waals surface area contributed by atoms with Crippen molar-refractivity contribution >= 4 is 11.5 Å². The minimum absolute atomic E-state index is 0.0485. The lowest BCUT2D eigenvalue weighted by atomic mass is 9.80. The van der Waals surface area contributed by atoms with Crippen LogP contribution in [0.15, 0.2) is 29.8 Å². The van der Waals surface area contributed by atoms with Crippen LogP contribution < -0.4 is 10.2 Å². The van der Waals surface area contributed by atoms with E-state index >= 15 is 0 Å². The van der Waals surface area contributed by atoms with Gasteiger partial charge in [0.15, 0.2) is 11.6 Å². The molecule has 1 heterocycles. The molecule has 0 aromatic heterocycles.